The van der Waals surface area contributed by atoms with Crippen LogP contribution in [0, 0.1) is 5.92 Å². The van der Waals surface area contributed by atoms with Crippen LogP contribution in [0.15, 0.2) is 32.0 Å². The monoisotopic (exact) mass is 437 g/mol. The molecule has 1 fully saturated rings. The van der Waals surface area contributed by atoms with Crippen LogP contribution in [-0.2, 0) is 10.0 Å². The van der Waals surface area contributed by atoms with Gasteiger partial charge in [0.2, 0.25) is 10.0 Å². The predicted octanol–water partition coefficient (Wildman–Crippen LogP) is 4.80. The molecule has 1 aliphatic carbocycles. The van der Waals surface area contributed by atoms with Crippen molar-refractivity contribution in [2.24, 2.45) is 5.92 Å². The van der Waals surface area contributed by atoms with Gasteiger partial charge >= 0.3 is 0 Å². The first-order chi connectivity index (χ1) is 9.86. The largest absolute Gasteiger partial charge is 0.244 e. The maximum Gasteiger partial charge on any atom is 0.244 e. The van der Waals surface area contributed by atoms with Crippen LogP contribution in [0.4, 0.5) is 0 Å². The van der Waals surface area contributed by atoms with Crippen LogP contribution in [0.2, 0.25) is 0 Å². The maximum atomic E-state index is 12.8. The molecular formula is C15H21Br2NO2S. The highest BCUT2D eigenvalue weighted by Gasteiger charge is 2.32. The Morgan fingerprint density at radius 3 is 2.38 bits per heavy atom. The van der Waals surface area contributed by atoms with E-state index in [1.807, 2.05) is 6.07 Å². The van der Waals surface area contributed by atoms with Crippen molar-refractivity contribution in [2.45, 2.75) is 50.0 Å². The average molecular weight is 439 g/mol. The Bertz CT molecular complexity index is 596. The van der Waals surface area contributed by atoms with E-state index in [-0.39, 0.29) is 6.04 Å². The SMILES string of the molecule is CCC1CCC(N(C)S(=O)(=O)c2cc(Br)ccc2Br)CC1. The van der Waals surface area contributed by atoms with Crippen molar-refractivity contribution in [3.63, 3.8) is 0 Å². The molecule has 1 aromatic rings. The van der Waals surface area contributed by atoms with E-state index in [4.69, 9.17) is 0 Å². The number of rotatable bonds is 4. The second kappa shape index (κ2) is 7.11. The van der Waals surface area contributed by atoms with E-state index in [9.17, 15) is 8.42 Å². The molecule has 0 radical (unpaired) electrons. The number of benzene rings is 1. The van der Waals surface area contributed by atoms with Crippen LogP contribution in [-0.4, -0.2) is 25.8 Å². The molecule has 0 bridgehead atoms. The third-order valence-electron chi connectivity index (χ3n) is 4.46. The molecule has 21 heavy (non-hydrogen) atoms. The summed E-state index contributed by atoms with van der Waals surface area (Å²) in [6, 6.07) is 5.37. The van der Waals surface area contributed by atoms with Gasteiger partial charge in [0.05, 0.1) is 4.90 Å². The summed E-state index contributed by atoms with van der Waals surface area (Å²) in [5.41, 5.74) is 0. The van der Waals surface area contributed by atoms with E-state index in [1.54, 1.807) is 23.5 Å². The van der Waals surface area contributed by atoms with Gasteiger partial charge in [-0.1, -0.05) is 29.3 Å². The molecular weight excluding hydrogens is 418 g/mol. The summed E-state index contributed by atoms with van der Waals surface area (Å²) in [6.45, 7) is 2.21. The number of halogens is 2. The van der Waals surface area contributed by atoms with Gasteiger partial charge < -0.3 is 0 Å². The summed E-state index contributed by atoms with van der Waals surface area (Å²) in [6.07, 6.45) is 5.36. The molecule has 0 atom stereocenters. The minimum atomic E-state index is -3.46. The Morgan fingerprint density at radius 2 is 1.81 bits per heavy atom. The van der Waals surface area contributed by atoms with E-state index < -0.39 is 10.0 Å². The Morgan fingerprint density at radius 1 is 1.19 bits per heavy atom. The van der Waals surface area contributed by atoms with E-state index >= 15 is 0 Å². The normalized spacial score (nSPS) is 23.5. The topological polar surface area (TPSA) is 37.4 Å². The summed E-state index contributed by atoms with van der Waals surface area (Å²) in [7, 11) is -1.75. The smallest absolute Gasteiger partial charge is 0.207 e. The zero-order valence-corrected chi connectivity index (χ0v) is 16.3. The van der Waals surface area contributed by atoms with Gasteiger partial charge in [-0.05, 0) is 65.7 Å². The van der Waals surface area contributed by atoms with Gasteiger partial charge in [0, 0.05) is 22.0 Å². The Labute approximate surface area is 144 Å². The highest BCUT2D eigenvalue weighted by atomic mass is 79.9. The summed E-state index contributed by atoms with van der Waals surface area (Å²) < 4.78 is 28.6. The molecule has 0 N–H and O–H groups in total. The van der Waals surface area contributed by atoms with Crippen LogP contribution in [0.5, 0.6) is 0 Å². The fraction of sp³-hybridized carbons (Fsp3) is 0.600. The lowest BCUT2D eigenvalue weighted by molar-refractivity contribution is 0.233. The molecule has 0 unspecified atom stereocenters. The highest BCUT2D eigenvalue weighted by molar-refractivity contribution is 9.11. The minimum absolute atomic E-state index is 0.115. The Balaban J connectivity index is 2.21. The average Bonchev–Trinajstić information content (AvgIpc) is 2.49. The predicted molar refractivity (Wildman–Crippen MR) is 92.8 cm³/mol. The van der Waals surface area contributed by atoms with Crippen molar-refractivity contribution >= 4 is 41.9 Å². The first kappa shape index (κ1) is 17.4. The number of hydrogen-bond donors (Lipinski definition) is 0. The van der Waals surface area contributed by atoms with Gasteiger partial charge in [0.1, 0.15) is 0 Å². The maximum absolute atomic E-state index is 12.8. The summed E-state index contributed by atoms with van der Waals surface area (Å²) in [5.74, 6) is 0.759. The number of hydrogen-bond acceptors (Lipinski definition) is 2. The van der Waals surface area contributed by atoms with Gasteiger partial charge in [-0.15, -0.1) is 0 Å². The first-order valence-corrected chi connectivity index (χ1v) is 10.3. The van der Waals surface area contributed by atoms with Crippen LogP contribution in [0.1, 0.15) is 39.0 Å². The van der Waals surface area contributed by atoms with Crippen molar-refractivity contribution < 1.29 is 8.42 Å². The van der Waals surface area contributed by atoms with Gasteiger partial charge in [-0.2, -0.15) is 4.31 Å². The van der Waals surface area contributed by atoms with Crippen molar-refractivity contribution in [1.82, 2.24) is 4.31 Å². The molecule has 1 aromatic carbocycles. The van der Waals surface area contributed by atoms with E-state index in [0.717, 1.165) is 36.1 Å². The molecule has 0 heterocycles. The molecule has 0 aliphatic heterocycles. The third kappa shape index (κ3) is 3.89. The quantitative estimate of drug-likeness (QED) is 0.676. The molecule has 6 heteroatoms. The van der Waals surface area contributed by atoms with Gasteiger partial charge in [-0.3, -0.25) is 0 Å². The standard InChI is InChI=1S/C15H21Br2NO2S/c1-3-11-4-7-13(8-5-11)18(2)21(19,20)15-10-12(16)6-9-14(15)17/h6,9-11,13H,3-5,7-8H2,1-2H3. The fourth-order valence-electron chi connectivity index (χ4n) is 2.94. The minimum Gasteiger partial charge on any atom is -0.207 e. The zero-order chi connectivity index (χ0) is 15.6. The van der Waals surface area contributed by atoms with Gasteiger partial charge in [-0.25, -0.2) is 8.42 Å². The Hall–Kier alpha value is 0.0900. The second-order valence-corrected chi connectivity index (χ2v) is 9.41. The molecule has 2 rings (SSSR count). The van der Waals surface area contributed by atoms with Crippen LogP contribution >= 0.6 is 31.9 Å². The lowest BCUT2D eigenvalue weighted by Gasteiger charge is -2.33. The Kier molecular flexibility index (Phi) is 5.91. The van der Waals surface area contributed by atoms with Crippen LogP contribution in [0.3, 0.4) is 0 Å². The van der Waals surface area contributed by atoms with E-state index in [0.29, 0.717) is 9.37 Å². The molecule has 1 aliphatic rings. The summed E-state index contributed by atoms with van der Waals surface area (Å²) in [5, 5.41) is 0. The summed E-state index contributed by atoms with van der Waals surface area (Å²) in [4.78, 5) is 0.331. The zero-order valence-electron chi connectivity index (χ0n) is 12.4. The highest BCUT2D eigenvalue weighted by Crippen LogP contribution is 2.33. The van der Waals surface area contributed by atoms with Gasteiger partial charge in [0.25, 0.3) is 0 Å². The molecule has 3 nitrogen and oxygen atoms in total. The van der Waals surface area contributed by atoms with Gasteiger partial charge in [0.15, 0.2) is 0 Å². The van der Waals surface area contributed by atoms with E-state index in [1.165, 1.54) is 6.42 Å². The van der Waals surface area contributed by atoms with Crippen molar-refractivity contribution in [1.29, 1.82) is 0 Å². The molecule has 118 valence electrons. The molecule has 0 amide bonds. The number of sulfonamides is 1. The molecule has 0 aromatic heterocycles. The summed E-state index contributed by atoms with van der Waals surface area (Å²) >= 11 is 6.70. The number of nitrogens with zero attached hydrogens (tertiary/aromatic N) is 1. The second-order valence-electron chi connectivity index (χ2n) is 5.68. The first-order valence-electron chi connectivity index (χ1n) is 7.29. The van der Waals surface area contributed by atoms with E-state index in [2.05, 4.69) is 38.8 Å². The molecule has 0 spiro atoms. The molecule has 1 saturated carbocycles. The van der Waals surface area contributed by atoms with Crippen molar-refractivity contribution in [2.75, 3.05) is 7.05 Å². The van der Waals surface area contributed by atoms with Crippen LogP contribution < -0.4 is 0 Å². The third-order valence-corrected chi connectivity index (χ3v) is 7.86. The van der Waals surface area contributed by atoms with Crippen molar-refractivity contribution in [3.8, 4) is 0 Å². The lowest BCUT2D eigenvalue weighted by Crippen LogP contribution is -2.39. The van der Waals surface area contributed by atoms with Crippen LogP contribution in [0.25, 0.3) is 0 Å². The van der Waals surface area contributed by atoms with Crippen molar-refractivity contribution in [3.05, 3.63) is 27.1 Å². The fourth-order valence-corrected chi connectivity index (χ4v) is 5.82. The lowest BCUT2D eigenvalue weighted by atomic mass is 9.85. The molecule has 0 saturated heterocycles.